The standard InChI is InChI=1S/C9H8Cl3/c1-2-3-7-8(11)4-6(10)5-9(7)12/h3-5H,2H2,1H3. The number of halogens is 3. The molecule has 0 spiro atoms. The predicted octanol–water partition coefficient (Wildman–Crippen LogP) is 4.61. The Balaban J connectivity index is 3.10. The Hall–Kier alpha value is 0.0900. The highest BCUT2D eigenvalue weighted by molar-refractivity contribution is 6.39. The fourth-order valence-electron chi connectivity index (χ4n) is 0.952. The molecule has 0 aliphatic heterocycles. The molecule has 0 unspecified atom stereocenters. The third-order valence-electron chi connectivity index (χ3n) is 1.45. The van der Waals surface area contributed by atoms with Gasteiger partial charge in [0.2, 0.25) is 0 Å². The third kappa shape index (κ3) is 2.29. The van der Waals surface area contributed by atoms with Crippen molar-refractivity contribution in [2.75, 3.05) is 0 Å². The van der Waals surface area contributed by atoms with Crippen LogP contribution in [0.4, 0.5) is 0 Å². The molecule has 0 atom stereocenters. The lowest BCUT2D eigenvalue weighted by Gasteiger charge is -2.05. The van der Waals surface area contributed by atoms with Gasteiger partial charge in [0.25, 0.3) is 0 Å². The minimum atomic E-state index is 0.568. The highest BCUT2D eigenvalue weighted by Crippen LogP contribution is 2.30. The fourth-order valence-corrected chi connectivity index (χ4v) is 1.92. The molecule has 1 radical (unpaired) electrons. The molecular weight excluding hydrogens is 214 g/mol. The Morgan fingerprint density at radius 1 is 1.17 bits per heavy atom. The Labute approximate surface area is 87.4 Å². The molecule has 0 aromatic heterocycles. The van der Waals surface area contributed by atoms with Gasteiger partial charge >= 0.3 is 0 Å². The molecule has 0 bridgehead atoms. The van der Waals surface area contributed by atoms with Gasteiger partial charge in [-0.1, -0.05) is 41.7 Å². The molecule has 0 nitrogen and oxygen atoms in total. The molecule has 12 heavy (non-hydrogen) atoms. The molecular formula is C9H8Cl3. The summed E-state index contributed by atoms with van der Waals surface area (Å²) in [6.45, 7) is 2.03. The first kappa shape index (κ1) is 10.2. The summed E-state index contributed by atoms with van der Waals surface area (Å²) in [6, 6.07) is 3.38. The second kappa shape index (κ2) is 4.36. The van der Waals surface area contributed by atoms with Crippen LogP contribution >= 0.6 is 34.8 Å². The van der Waals surface area contributed by atoms with Crippen LogP contribution in [-0.2, 0) is 0 Å². The summed E-state index contributed by atoms with van der Waals surface area (Å²) in [6.07, 6.45) is 2.88. The van der Waals surface area contributed by atoms with E-state index >= 15 is 0 Å². The Kier molecular flexibility index (Phi) is 3.70. The van der Waals surface area contributed by atoms with Gasteiger partial charge in [0.15, 0.2) is 0 Å². The zero-order valence-electron chi connectivity index (χ0n) is 6.57. The van der Waals surface area contributed by atoms with Gasteiger partial charge in [0, 0.05) is 15.1 Å². The van der Waals surface area contributed by atoms with Crippen molar-refractivity contribution in [3.05, 3.63) is 39.2 Å². The summed E-state index contributed by atoms with van der Waals surface area (Å²) in [5.74, 6) is 0. The number of benzene rings is 1. The van der Waals surface area contributed by atoms with Crippen molar-refractivity contribution in [1.82, 2.24) is 0 Å². The average Bonchev–Trinajstić information content (AvgIpc) is 1.96. The van der Waals surface area contributed by atoms with E-state index in [2.05, 4.69) is 0 Å². The lowest BCUT2D eigenvalue weighted by atomic mass is 10.1. The highest BCUT2D eigenvalue weighted by atomic mass is 35.5. The molecule has 0 N–H and O–H groups in total. The summed E-state index contributed by atoms with van der Waals surface area (Å²) in [5, 5.41) is 1.78. The van der Waals surface area contributed by atoms with E-state index < -0.39 is 0 Å². The van der Waals surface area contributed by atoms with Gasteiger partial charge < -0.3 is 0 Å². The molecule has 1 rings (SSSR count). The molecule has 3 heteroatoms. The maximum atomic E-state index is 5.91. The van der Waals surface area contributed by atoms with Gasteiger partial charge in [-0.15, -0.1) is 0 Å². The topological polar surface area (TPSA) is 0 Å². The summed E-state index contributed by atoms with van der Waals surface area (Å²) in [7, 11) is 0. The van der Waals surface area contributed by atoms with E-state index in [-0.39, 0.29) is 0 Å². The van der Waals surface area contributed by atoms with E-state index in [0.29, 0.717) is 15.1 Å². The van der Waals surface area contributed by atoms with Crippen LogP contribution in [0.25, 0.3) is 0 Å². The monoisotopic (exact) mass is 221 g/mol. The van der Waals surface area contributed by atoms with Crippen LogP contribution in [0.5, 0.6) is 0 Å². The molecule has 0 saturated heterocycles. The van der Waals surface area contributed by atoms with Crippen LogP contribution in [0.15, 0.2) is 12.1 Å². The Bertz CT molecular complexity index is 258. The summed E-state index contributed by atoms with van der Waals surface area (Å²) in [4.78, 5) is 0. The first-order chi connectivity index (χ1) is 5.65. The summed E-state index contributed by atoms with van der Waals surface area (Å²) in [5.41, 5.74) is 0.866. The number of hydrogen-bond donors (Lipinski definition) is 0. The number of rotatable bonds is 2. The van der Waals surface area contributed by atoms with E-state index in [4.69, 9.17) is 34.8 Å². The minimum Gasteiger partial charge on any atom is -0.0842 e. The Morgan fingerprint density at radius 2 is 1.67 bits per heavy atom. The zero-order valence-corrected chi connectivity index (χ0v) is 8.84. The molecule has 0 aliphatic rings. The lowest BCUT2D eigenvalue weighted by Crippen LogP contribution is -1.84. The van der Waals surface area contributed by atoms with Crippen molar-refractivity contribution in [3.63, 3.8) is 0 Å². The van der Waals surface area contributed by atoms with Crippen molar-refractivity contribution in [3.8, 4) is 0 Å². The molecule has 1 aromatic rings. The Morgan fingerprint density at radius 3 is 2.08 bits per heavy atom. The van der Waals surface area contributed by atoms with Crippen LogP contribution in [0.3, 0.4) is 0 Å². The maximum Gasteiger partial charge on any atom is 0.0470 e. The van der Waals surface area contributed by atoms with E-state index in [1.165, 1.54) is 0 Å². The summed E-state index contributed by atoms with van der Waals surface area (Å²) < 4.78 is 0. The fraction of sp³-hybridized carbons (Fsp3) is 0.222. The van der Waals surface area contributed by atoms with Crippen molar-refractivity contribution in [2.45, 2.75) is 13.3 Å². The second-order valence-electron chi connectivity index (χ2n) is 2.40. The number of hydrogen-bond acceptors (Lipinski definition) is 0. The molecule has 0 amide bonds. The van der Waals surface area contributed by atoms with Gasteiger partial charge in [0.1, 0.15) is 0 Å². The van der Waals surface area contributed by atoms with Crippen molar-refractivity contribution >= 4 is 34.8 Å². The van der Waals surface area contributed by atoms with E-state index in [0.717, 1.165) is 12.0 Å². The zero-order chi connectivity index (χ0) is 9.14. The summed E-state index contributed by atoms with van der Waals surface area (Å²) >= 11 is 17.6. The molecule has 0 aliphatic carbocycles. The normalized spacial score (nSPS) is 10.3. The second-order valence-corrected chi connectivity index (χ2v) is 3.65. The van der Waals surface area contributed by atoms with Gasteiger partial charge in [-0.25, -0.2) is 0 Å². The van der Waals surface area contributed by atoms with Crippen molar-refractivity contribution < 1.29 is 0 Å². The van der Waals surface area contributed by atoms with Gasteiger partial charge in [-0.05, 0) is 30.5 Å². The first-order valence-corrected chi connectivity index (χ1v) is 4.76. The van der Waals surface area contributed by atoms with Gasteiger partial charge in [0.05, 0.1) is 0 Å². The van der Waals surface area contributed by atoms with E-state index in [1.54, 1.807) is 12.1 Å². The molecule has 1 aromatic carbocycles. The van der Waals surface area contributed by atoms with Crippen LogP contribution in [0.1, 0.15) is 18.9 Å². The quantitative estimate of drug-likeness (QED) is 0.685. The average molecular weight is 223 g/mol. The molecule has 0 fully saturated rings. The molecule has 65 valence electrons. The molecule has 0 heterocycles. The first-order valence-electron chi connectivity index (χ1n) is 3.63. The van der Waals surface area contributed by atoms with Crippen molar-refractivity contribution in [2.24, 2.45) is 0 Å². The van der Waals surface area contributed by atoms with Crippen LogP contribution in [-0.4, -0.2) is 0 Å². The van der Waals surface area contributed by atoms with Crippen LogP contribution in [0.2, 0.25) is 15.1 Å². The van der Waals surface area contributed by atoms with E-state index in [9.17, 15) is 0 Å². The smallest absolute Gasteiger partial charge is 0.0470 e. The van der Waals surface area contributed by atoms with Gasteiger partial charge in [-0.3, -0.25) is 0 Å². The predicted molar refractivity (Wildman–Crippen MR) is 55.2 cm³/mol. The van der Waals surface area contributed by atoms with E-state index in [1.807, 2.05) is 13.3 Å². The molecule has 0 saturated carbocycles. The third-order valence-corrected chi connectivity index (χ3v) is 2.30. The minimum absolute atomic E-state index is 0.568. The SMILES string of the molecule is CC[CH]c1c(Cl)cc(Cl)cc1Cl. The highest BCUT2D eigenvalue weighted by Gasteiger charge is 2.06. The van der Waals surface area contributed by atoms with Crippen LogP contribution in [0, 0.1) is 6.42 Å². The van der Waals surface area contributed by atoms with Crippen molar-refractivity contribution in [1.29, 1.82) is 0 Å². The van der Waals surface area contributed by atoms with Gasteiger partial charge in [-0.2, -0.15) is 0 Å². The van der Waals surface area contributed by atoms with Crippen LogP contribution < -0.4 is 0 Å². The lowest BCUT2D eigenvalue weighted by molar-refractivity contribution is 1.12. The maximum absolute atomic E-state index is 5.91. The largest absolute Gasteiger partial charge is 0.0842 e.